The van der Waals surface area contributed by atoms with E-state index in [1.54, 1.807) is 37.3 Å². The molecule has 0 radical (unpaired) electrons. The molecule has 1 unspecified atom stereocenters. The number of para-hydroxylation sites is 1. The predicted octanol–water partition coefficient (Wildman–Crippen LogP) is 5.29. The monoisotopic (exact) mass is 601 g/mol. The Bertz CT molecular complexity index is 1950. The quantitative estimate of drug-likeness (QED) is 0.319. The highest BCUT2D eigenvalue weighted by molar-refractivity contribution is 7.91. The molecule has 4 aromatic rings. The van der Waals surface area contributed by atoms with Crippen molar-refractivity contribution in [3.05, 3.63) is 102 Å². The SMILES string of the molecule is CC1(S(=O)(=O)n2cc(-c3cccc(C#N)c3O)c3cccnc32)C=C(c2cc(F)cc(F)c2)C(N2CCC(N)CC2)=CC1. The number of benzene rings is 2. The fourth-order valence-corrected chi connectivity index (χ4v) is 7.54. The third kappa shape index (κ3) is 4.86. The lowest BCUT2D eigenvalue weighted by atomic mass is 9.88. The van der Waals surface area contributed by atoms with E-state index >= 15 is 0 Å². The molecule has 0 bridgehead atoms. The predicted molar refractivity (Wildman–Crippen MR) is 160 cm³/mol. The number of rotatable bonds is 5. The second-order valence-corrected chi connectivity index (χ2v) is 13.5. The normalized spacial score (nSPS) is 19.7. The summed E-state index contributed by atoms with van der Waals surface area (Å²) < 4.78 is 57.5. The maximum absolute atomic E-state index is 14.6. The van der Waals surface area contributed by atoms with Crippen LogP contribution in [0.2, 0.25) is 0 Å². The highest BCUT2D eigenvalue weighted by Crippen LogP contribution is 2.43. The second kappa shape index (κ2) is 10.6. The molecule has 1 aliphatic carbocycles. The number of hydrogen-bond donors (Lipinski definition) is 2. The molecule has 43 heavy (non-hydrogen) atoms. The molecule has 6 rings (SSSR count). The minimum absolute atomic E-state index is 0.0515. The molecule has 0 amide bonds. The number of phenolic OH excluding ortho intramolecular Hbond substituents is 1. The van der Waals surface area contributed by atoms with E-state index in [1.165, 1.54) is 30.6 Å². The summed E-state index contributed by atoms with van der Waals surface area (Å²) in [6.45, 7) is 2.83. The zero-order chi connectivity index (χ0) is 30.5. The summed E-state index contributed by atoms with van der Waals surface area (Å²) in [7, 11) is -4.27. The highest BCUT2D eigenvalue weighted by atomic mass is 32.2. The van der Waals surface area contributed by atoms with Gasteiger partial charge in [0.1, 0.15) is 28.2 Å². The first-order chi connectivity index (χ1) is 20.5. The maximum Gasteiger partial charge on any atom is 0.249 e. The lowest BCUT2D eigenvalue weighted by Gasteiger charge is -2.39. The zero-order valence-electron chi connectivity index (χ0n) is 23.3. The van der Waals surface area contributed by atoms with E-state index in [4.69, 9.17) is 5.73 Å². The third-order valence-electron chi connectivity index (χ3n) is 8.31. The molecule has 3 N–H and O–H groups in total. The van der Waals surface area contributed by atoms with E-state index in [0.717, 1.165) is 22.9 Å². The van der Waals surface area contributed by atoms with Crippen LogP contribution in [0.15, 0.2) is 78.8 Å². The molecular weight excluding hydrogens is 572 g/mol. The number of halogens is 2. The van der Waals surface area contributed by atoms with Gasteiger partial charge in [-0.1, -0.05) is 24.3 Å². The molecule has 2 aromatic heterocycles. The molecule has 1 fully saturated rings. The van der Waals surface area contributed by atoms with E-state index in [0.29, 0.717) is 35.3 Å². The van der Waals surface area contributed by atoms with Crippen LogP contribution in [0.5, 0.6) is 5.75 Å². The number of likely N-dealkylation sites (tertiary alicyclic amines) is 1. The standard InChI is InChI=1S/C32H29F2N5O3S/c1-32(10-7-29(38-12-8-24(36)9-13-38)27(17-32)21-14-22(33)16-23(34)15-21)43(41,42)39-19-28(26-6-3-11-37-31(26)39)25-5-2-4-20(18-35)30(25)40/h2-7,11,14-17,19,24,40H,8-10,12-13,36H2,1H3. The molecule has 0 saturated carbocycles. The van der Waals surface area contributed by atoms with Gasteiger partial charge in [0.25, 0.3) is 0 Å². The molecule has 0 spiro atoms. The topological polar surface area (TPSA) is 125 Å². The highest BCUT2D eigenvalue weighted by Gasteiger charge is 2.43. The van der Waals surface area contributed by atoms with Crippen molar-refractivity contribution >= 4 is 26.6 Å². The molecule has 2 aliphatic rings. The Morgan fingerprint density at radius 1 is 1.09 bits per heavy atom. The minimum Gasteiger partial charge on any atom is -0.506 e. The summed E-state index contributed by atoms with van der Waals surface area (Å²) in [5.41, 5.74) is 8.33. The lowest BCUT2D eigenvalue weighted by Crippen LogP contribution is -2.42. The van der Waals surface area contributed by atoms with Crippen LogP contribution in [0.1, 0.15) is 37.3 Å². The van der Waals surface area contributed by atoms with Gasteiger partial charge in [-0.3, -0.25) is 0 Å². The summed E-state index contributed by atoms with van der Waals surface area (Å²) in [5.74, 6) is -1.80. The molecule has 1 saturated heterocycles. The van der Waals surface area contributed by atoms with Crippen molar-refractivity contribution in [2.45, 2.75) is 37.0 Å². The number of nitrogens with two attached hydrogens (primary N) is 1. The number of phenols is 1. The van der Waals surface area contributed by atoms with Crippen molar-refractivity contribution in [1.29, 1.82) is 5.26 Å². The van der Waals surface area contributed by atoms with Crippen LogP contribution < -0.4 is 5.73 Å². The number of aromatic hydroxyl groups is 1. The number of aromatic nitrogens is 2. The number of fused-ring (bicyclic) bond motifs is 1. The van der Waals surface area contributed by atoms with Crippen molar-refractivity contribution in [3.63, 3.8) is 0 Å². The fourth-order valence-electron chi connectivity index (χ4n) is 5.91. The summed E-state index contributed by atoms with van der Waals surface area (Å²) in [5, 5.41) is 20.7. The van der Waals surface area contributed by atoms with Gasteiger partial charge in [-0.15, -0.1) is 0 Å². The van der Waals surface area contributed by atoms with Crippen LogP contribution in [-0.2, 0) is 10.0 Å². The third-order valence-corrected chi connectivity index (χ3v) is 10.6. The molecule has 3 heterocycles. The van der Waals surface area contributed by atoms with E-state index in [1.807, 2.05) is 12.1 Å². The zero-order valence-corrected chi connectivity index (χ0v) is 24.2. The number of piperidine rings is 1. The molecule has 220 valence electrons. The summed E-state index contributed by atoms with van der Waals surface area (Å²) >= 11 is 0. The van der Waals surface area contributed by atoms with E-state index in [9.17, 15) is 27.6 Å². The summed E-state index contributed by atoms with van der Waals surface area (Å²) in [4.78, 5) is 6.45. The summed E-state index contributed by atoms with van der Waals surface area (Å²) in [6.07, 6.45) is 7.82. The lowest BCUT2D eigenvalue weighted by molar-refractivity contribution is 0.271. The number of pyridine rings is 1. The van der Waals surface area contributed by atoms with Crippen molar-refractivity contribution in [3.8, 4) is 22.9 Å². The Morgan fingerprint density at radius 2 is 1.81 bits per heavy atom. The van der Waals surface area contributed by atoms with Crippen molar-refractivity contribution in [2.24, 2.45) is 5.73 Å². The van der Waals surface area contributed by atoms with E-state index in [2.05, 4.69) is 9.88 Å². The second-order valence-electron chi connectivity index (χ2n) is 11.2. The van der Waals surface area contributed by atoms with Gasteiger partial charge in [0.05, 0.1) is 5.56 Å². The van der Waals surface area contributed by atoms with E-state index in [-0.39, 0.29) is 40.5 Å². The first-order valence-corrected chi connectivity index (χ1v) is 15.3. The molecular formula is C32H29F2N5O3S. The fraction of sp³-hybridized carbons (Fsp3) is 0.250. The van der Waals surface area contributed by atoms with Gasteiger partial charge in [0, 0.05) is 65.4 Å². The van der Waals surface area contributed by atoms with E-state index < -0.39 is 26.4 Å². The van der Waals surface area contributed by atoms with Crippen molar-refractivity contribution in [2.75, 3.05) is 13.1 Å². The Morgan fingerprint density at radius 3 is 2.51 bits per heavy atom. The molecule has 2 aromatic carbocycles. The minimum atomic E-state index is -4.27. The average Bonchev–Trinajstić information content (AvgIpc) is 3.37. The van der Waals surface area contributed by atoms with Crippen LogP contribution in [0.25, 0.3) is 27.7 Å². The van der Waals surface area contributed by atoms with Crippen LogP contribution in [0.4, 0.5) is 8.78 Å². The number of nitriles is 1. The van der Waals surface area contributed by atoms with Gasteiger partial charge in [-0.2, -0.15) is 5.26 Å². The Kier molecular flexibility index (Phi) is 7.07. The summed E-state index contributed by atoms with van der Waals surface area (Å²) in [6, 6.07) is 13.2. The van der Waals surface area contributed by atoms with Crippen molar-refractivity contribution < 1.29 is 22.3 Å². The van der Waals surface area contributed by atoms with Gasteiger partial charge in [-0.25, -0.2) is 26.2 Å². The van der Waals surface area contributed by atoms with Crippen LogP contribution in [0, 0.1) is 23.0 Å². The molecule has 8 nitrogen and oxygen atoms in total. The average molecular weight is 602 g/mol. The van der Waals surface area contributed by atoms with Gasteiger partial charge >= 0.3 is 0 Å². The van der Waals surface area contributed by atoms with Crippen LogP contribution >= 0.6 is 0 Å². The molecule has 1 atom stereocenters. The van der Waals surface area contributed by atoms with Gasteiger partial charge in [-0.05, 0) is 62.1 Å². The first kappa shape index (κ1) is 28.6. The van der Waals surface area contributed by atoms with Crippen LogP contribution in [-0.4, -0.2) is 51.3 Å². The number of nitrogens with zero attached hydrogens (tertiary/aromatic N) is 4. The smallest absolute Gasteiger partial charge is 0.249 e. The largest absolute Gasteiger partial charge is 0.506 e. The van der Waals surface area contributed by atoms with Crippen molar-refractivity contribution in [1.82, 2.24) is 13.9 Å². The van der Waals surface area contributed by atoms with Gasteiger partial charge < -0.3 is 15.7 Å². The Labute approximate surface area is 248 Å². The number of hydrogen-bond acceptors (Lipinski definition) is 7. The number of allylic oxidation sites excluding steroid dienone is 2. The molecule has 1 aliphatic heterocycles. The first-order valence-electron chi connectivity index (χ1n) is 13.9. The Balaban J connectivity index is 1.51. The van der Waals surface area contributed by atoms with Gasteiger partial charge in [0.15, 0.2) is 5.65 Å². The molecule has 11 heteroatoms. The van der Waals surface area contributed by atoms with Gasteiger partial charge in [0.2, 0.25) is 10.0 Å². The maximum atomic E-state index is 14.6. The van der Waals surface area contributed by atoms with Crippen LogP contribution in [0.3, 0.4) is 0 Å². The Hall–Kier alpha value is -4.53.